The first-order valence-electron chi connectivity index (χ1n) is 6.46. The number of halogens is 3. The monoisotopic (exact) mass is 282 g/mol. The smallest absolute Gasteiger partial charge is 0.395 e. The highest BCUT2D eigenvalue weighted by Crippen LogP contribution is 2.30. The number of amides is 1. The first-order valence-corrected chi connectivity index (χ1v) is 6.46. The Morgan fingerprint density at radius 1 is 1.42 bits per heavy atom. The molecule has 19 heavy (non-hydrogen) atoms. The van der Waals surface area contributed by atoms with Gasteiger partial charge in [0, 0.05) is 18.5 Å². The van der Waals surface area contributed by atoms with E-state index in [0.717, 1.165) is 0 Å². The summed E-state index contributed by atoms with van der Waals surface area (Å²) in [7, 11) is 0. The Kier molecular flexibility index (Phi) is 5.61. The molecule has 0 aromatic carbocycles. The van der Waals surface area contributed by atoms with Crippen molar-refractivity contribution >= 4 is 5.91 Å². The van der Waals surface area contributed by atoms with Crippen molar-refractivity contribution in [1.29, 1.82) is 0 Å². The topological polar surface area (TPSA) is 66.6 Å². The van der Waals surface area contributed by atoms with Gasteiger partial charge in [-0.15, -0.1) is 0 Å². The van der Waals surface area contributed by atoms with Crippen LogP contribution >= 0.6 is 0 Å². The van der Waals surface area contributed by atoms with E-state index in [4.69, 9.17) is 10.8 Å². The van der Waals surface area contributed by atoms with E-state index in [1.165, 1.54) is 0 Å². The average molecular weight is 282 g/mol. The SMILES string of the molecule is CC1CC(C(=O)N(CCO)CC(F)(F)F)CCC1N. The molecule has 0 radical (unpaired) electrons. The number of carbonyl (C=O) groups is 1. The minimum atomic E-state index is -4.44. The quantitative estimate of drug-likeness (QED) is 0.812. The van der Waals surface area contributed by atoms with E-state index in [0.29, 0.717) is 24.2 Å². The number of aliphatic hydroxyl groups is 1. The van der Waals surface area contributed by atoms with Gasteiger partial charge in [-0.2, -0.15) is 13.2 Å². The maximum absolute atomic E-state index is 12.4. The van der Waals surface area contributed by atoms with Crippen LogP contribution < -0.4 is 5.73 Å². The van der Waals surface area contributed by atoms with Crippen molar-refractivity contribution < 1.29 is 23.1 Å². The molecule has 0 spiro atoms. The van der Waals surface area contributed by atoms with E-state index in [9.17, 15) is 18.0 Å². The minimum absolute atomic E-state index is 0.0120. The molecule has 0 heterocycles. The number of alkyl halides is 3. The highest BCUT2D eigenvalue weighted by atomic mass is 19.4. The fourth-order valence-electron chi connectivity index (χ4n) is 2.51. The molecule has 1 amide bonds. The molecule has 7 heteroatoms. The third-order valence-electron chi connectivity index (χ3n) is 3.64. The Balaban J connectivity index is 2.66. The predicted octanol–water partition coefficient (Wildman–Crippen LogP) is 1.13. The zero-order chi connectivity index (χ0) is 14.6. The van der Waals surface area contributed by atoms with Crippen LogP contribution in [0, 0.1) is 11.8 Å². The maximum atomic E-state index is 12.4. The minimum Gasteiger partial charge on any atom is -0.395 e. The van der Waals surface area contributed by atoms with Crippen LogP contribution in [0.15, 0.2) is 0 Å². The van der Waals surface area contributed by atoms with Gasteiger partial charge in [-0.1, -0.05) is 6.92 Å². The van der Waals surface area contributed by atoms with Crippen LogP contribution in [0.25, 0.3) is 0 Å². The third-order valence-corrected chi connectivity index (χ3v) is 3.64. The summed E-state index contributed by atoms with van der Waals surface area (Å²) in [4.78, 5) is 12.8. The lowest BCUT2D eigenvalue weighted by Gasteiger charge is -2.34. The number of rotatable bonds is 4. The van der Waals surface area contributed by atoms with Crippen molar-refractivity contribution in [3.63, 3.8) is 0 Å². The van der Waals surface area contributed by atoms with Crippen molar-refractivity contribution in [1.82, 2.24) is 4.90 Å². The molecule has 112 valence electrons. The molecule has 0 aliphatic heterocycles. The normalized spacial score (nSPS) is 28.2. The summed E-state index contributed by atoms with van der Waals surface area (Å²) < 4.78 is 37.2. The number of nitrogens with zero attached hydrogens (tertiary/aromatic N) is 1. The van der Waals surface area contributed by atoms with Crippen molar-refractivity contribution in [2.45, 2.75) is 38.4 Å². The maximum Gasteiger partial charge on any atom is 0.406 e. The Morgan fingerprint density at radius 2 is 2.05 bits per heavy atom. The van der Waals surface area contributed by atoms with Crippen molar-refractivity contribution in [2.75, 3.05) is 19.7 Å². The summed E-state index contributed by atoms with van der Waals surface area (Å²) in [6.45, 7) is -0.146. The van der Waals surface area contributed by atoms with Crippen LogP contribution in [-0.4, -0.2) is 47.8 Å². The van der Waals surface area contributed by atoms with Gasteiger partial charge in [0.05, 0.1) is 6.61 Å². The fourth-order valence-corrected chi connectivity index (χ4v) is 2.51. The second-order valence-corrected chi connectivity index (χ2v) is 5.25. The molecule has 0 bridgehead atoms. The number of aliphatic hydroxyl groups excluding tert-OH is 1. The van der Waals surface area contributed by atoms with E-state index in [-0.39, 0.29) is 18.5 Å². The van der Waals surface area contributed by atoms with Gasteiger partial charge < -0.3 is 15.7 Å². The predicted molar refractivity (Wildman–Crippen MR) is 64.2 cm³/mol. The summed E-state index contributed by atoms with van der Waals surface area (Å²) in [5, 5.41) is 8.79. The summed E-state index contributed by atoms with van der Waals surface area (Å²) in [6, 6.07) is 0.0120. The lowest BCUT2D eigenvalue weighted by molar-refractivity contribution is -0.165. The molecule has 0 saturated heterocycles. The Morgan fingerprint density at radius 3 is 2.53 bits per heavy atom. The molecule has 1 fully saturated rings. The molecule has 3 atom stereocenters. The van der Waals surface area contributed by atoms with E-state index < -0.39 is 31.2 Å². The zero-order valence-electron chi connectivity index (χ0n) is 11.0. The van der Waals surface area contributed by atoms with Crippen LogP contribution in [-0.2, 0) is 4.79 Å². The Hall–Kier alpha value is -0.820. The summed E-state index contributed by atoms with van der Waals surface area (Å²) in [5.41, 5.74) is 5.83. The van der Waals surface area contributed by atoms with E-state index in [1.54, 1.807) is 0 Å². The van der Waals surface area contributed by atoms with Gasteiger partial charge >= 0.3 is 6.18 Å². The van der Waals surface area contributed by atoms with Gasteiger partial charge in [-0.05, 0) is 25.2 Å². The molecular formula is C12H21F3N2O2. The van der Waals surface area contributed by atoms with Crippen LogP contribution in [0.4, 0.5) is 13.2 Å². The molecule has 1 rings (SSSR count). The van der Waals surface area contributed by atoms with Crippen molar-refractivity contribution in [2.24, 2.45) is 17.6 Å². The molecule has 4 nitrogen and oxygen atoms in total. The highest BCUT2D eigenvalue weighted by Gasteiger charge is 2.37. The number of hydrogen-bond donors (Lipinski definition) is 2. The van der Waals surface area contributed by atoms with E-state index >= 15 is 0 Å². The van der Waals surface area contributed by atoms with Crippen LogP contribution in [0.5, 0.6) is 0 Å². The lowest BCUT2D eigenvalue weighted by atomic mass is 9.78. The largest absolute Gasteiger partial charge is 0.406 e. The fraction of sp³-hybridized carbons (Fsp3) is 0.917. The van der Waals surface area contributed by atoms with Crippen LogP contribution in [0.3, 0.4) is 0 Å². The number of carbonyl (C=O) groups excluding carboxylic acids is 1. The average Bonchev–Trinajstić information content (AvgIpc) is 2.29. The molecule has 0 aromatic heterocycles. The summed E-state index contributed by atoms with van der Waals surface area (Å²) in [6.07, 6.45) is -2.76. The Labute approximate surface area is 110 Å². The second kappa shape index (κ2) is 6.56. The standard InChI is InChI=1S/C12H21F3N2O2/c1-8-6-9(2-3-10(8)16)11(19)17(4-5-18)7-12(13,14)15/h8-10,18H,2-7,16H2,1H3. The van der Waals surface area contributed by atoms with Gasteiger partial charge in [0.1, 0.15) is 6.54 Å². The van der Waals surface area contributed by atoms with Gasteiger partial charge in [-0.3, -0.25) is 4.79 Å². The lowest BCUT2D eigenvalue weighted by Crippen LogP contribution is -2.46. The molecular weight excluding hydrogens is 261 g/mol. The first-order chi connectivity index (χ1) is 8.74. The second-order valence-electron chi connectivity index (χ2n) is 5.25. The van der Waals surface area contributed by atoms with Crippen molar-refractivity contribution in [3.8, 4) is 0 Å². The van der Waals surface area contributed by atoms with E-state index in [1.807, 2.05) is 6.92 Å². The first kappa shape index (κ1) is 16.2. The molecule has 1 saturated carbocycles. The summed E-state index contributed by atoms with van der Waals surface area (Å²) >= 11 is 0. The number of hydrogen-bond acceptors (Lipinski definition) is 3. The number of nitrogens with two attached hydrogens (primary N) is 1. The molecule has 1 aliphatic rings. The summed E-state index contributed by atoms with van der Waals surface area (Å²) in [5.74, 6) is -0.807. The van der Waals surface area contributed by atoms with Crippen molar-refractivity contribution in [3.05, 3.63) is 0 Å². The third kappa shape index (κ3) is 4.99. The van der Waals surface area contributed by atoms with Crippen LogP contribution in [0.1, 0.15) is 26.2 Å². The zero-order valence-corrected chi connectivity index (χ0v) is 11.0. The Bertz CT molecular complexity index is 310. The van der Waals surface area contributed by atoms with Gasteiger partial charge in [-0.25, -0.2) is 0 Å². The molecule has 1 aliphatic carbocycles. The van der Waals surface area contributed by atoms with Crippen LogP contribution in [0.2, 0.25) is 0 Å². The highest BCUT2D eigenvalue weighted by molar-refractivity contribution is 5.79. The molecule has 0 aromatic rings. The van der Waals surface area contributed by atoms with Gasteiger partial charge in [0.15, 0.2) is 0 Å². The molecule has 3 unspecified atom stereocenters. The van der Waals surface area contributed by atoms with Gasteiger partial charge in [0.2, 0.25) is 5.91 Å². The van der Waals surface area contributed by atoms with E-state index in [2.05, 4.69) is 0 Å². The molecule has 3 N–H and O–H groups in total. The van der Waals surface area contributed by atoms with Gasteiger partial charge in [0.25, 0.3) is 0 Å².